The maximum Gasteiger partial charge on any atom is 0.0483 e. The van der Waals surface area contributed by atoms with Crippen molar-refractivity contribution in [1.29, 1.82) is 0 Å². The standard InChI is InChI=1S/C14H21NO/c1-11-4-3-5-12(2)13(11)10-14(15)6-8-16-9-7-14/h3-5H,6-10,15H2,1-2H3. The number of benzene rings is 1. The molecule has 0 amide bonds. The van der Waals surface area contributed by atoms with Crippen molar-refractivity contribution < 1.29 is 4.74 Å². The SMILES string of the molecule is Cc1cccc(C)c1CC1(N)CCOCC1. The first-order chi connectivity index (χ1) is 7.61. The summed E-state index contributed by atoms with van der Waals surface area (Å²) in [6, 6.07) is 6.46. The van der Waals surface area contributed by atoms with Gasteiger partial charge in [-0.15, -0.1) is 0 Å². The van der Waals surface area contributed by atoms with Crippen LogP contribution in [0.3, 0.4) is 0 Å². The van der Waals surface area contributed by atoms with Crippen molar-refractivity contribution in [2.75, 3.05) is 13.2 Å². The summed E-state index contributed by atoms with van der Waals surface area (Å²) in [5, 5.41) is 0. The van der Waals surface area contributed by atoms with Crippen molar-refractivity contribution in [3.8, 4) is 0 Å². The second-order valence-corrected chi connectivity index (χ2v) is 5.02. The second-order valence-electron chi connectivity index (χ2n) is 5.02. The van der Waals surface area contributed by atoms with Crippen LogP contribution in [0.2, 0.25) is 0 Å². The van der Waals surface area contributed by atoms with Crippen molar-refractivity contribution >= 4 is 0 Å². The maximum atomic E-state index is 6.45. The van der Waals surface area contributed by atoms with Crippen molar-refractivity contribution in [2.24, 2.45) is 5.73 Å². The first-order valence-electron chi connectivity index (χ1n) is 6.02. The van der Waals surface area contributed by atoms with E-state index in [0.717, 1.165) is 32.5 Å². The van der Waals surface area contributed by atoms with E-state index < -0.39 is 0 Å². The summed E-state index contributed by atoms with van der Waals surface area (Å²) in [6.07, 6.45) is 2.93. The highest BCUT2D eigenvalue weighted by atomic mass is 16.5. The van der Waals surface area contributed by atoms with Crippen LogP contribution in [0.15, 0.2) is 18.2 Å². The Morgan fingerprint density at radius 1 is 1.19 bits per heavy atom. The molecule has 1 aliphatic heterocycles. The third-order valence-electron chi connectivity index (χ3n) is 3.66. The lowest BCUT2D eigenvalue weighted by molar-refractivity contribution is 0.0532. The average Bonchev–Trinajstić information content (AvgIpc) is 2.25. The Bertz CT molecular complexity index is 347. The minimum absolute atomic E-state index is 0.0604. The molecule has 0 atom stereocenters. The van der Waals surface area contributed by atoms with Gasteiger partial charge in [-0.3, -0.25) is 0 Å². The molecule has 1 aromatic carbocycles. The minimum atomic E-state index is -0.0604. The van der Waals surface area contributed by atoms with Gasteiger partial charge >= 0.3 is 0 Å². The largest absolute Gasteiger partial charge is 0.381 e. The summed E-state index contributed by atoms with van der Waals surface area (Å²) in [5.74, 6) is 0. The van der Waals surface area contributed by atoms with Gasteiger partial charge in [0.25, 0.3) is 0 Å². The summed E-state index contributed by atoms with van der Waals surface area (Å²) in [6.45, 7) is 5.96. The molecule has 1 aromatic rings. The normalized spacial score (nSPS) is 19.7. The van der Waals surface area contributed by atoms with E-state index in [2.05, 4.69) is 32.0 Å². The van der Waals surface area contributed by atoms with E-state index in [9.17, 15) is 0 Å². The molecule has 1 saturated heterocycles. The number of nitrogens with two attached hydrogens (primary N) is 1. The highest BCUT2D eigenvalue weighted by Crippen LogP contribution is 2.25. The van der Waals surface area contributed by atoms with E-state index in [0.29, 0.717) is 0 Å². The lowest BCUT2D eigenvalue weighted by Crippen LogP contribution is -2.47. The van der Waals surface area contributed by atoms with Gasteiger partial charge in [0.05, 0.1) is 0 Å². The van der Waals surface area contributed by atoms with E-state index in [4.69, 9.17) is 10.5 Å². The maximum absolute atomic E-state index is 6.45. The van der Waals surface area contributed by atoms with Crippen molar-refractivity contribution in [3.05, 3.63) is 34.9 Å². The van der Waals surface area contributed by atoms with E-state index in [1.165, 1.54) is 16.7 Å². The van der Waals surface area contributed by atoms with E-state index in [1.807, 2.05) is 0 Å². The molecule has 16 heavy (non-hydrogen) atoms. The second kappa shape index (κ2) is 4.56. The number of aryl methyl sites for hydroxylation is 2. The van der Waals surface area contributed by atoms with Crippen LogP contribution < -0.4 is 5.73 Å². The molecular weight excluding hydrogens is 198 g/mol. The van der Waals surface area contributed by atoms with E-state index in [-0.39, 0.29) is 5.54 Å². The molecule has 0 radical (unpaired) electrons. The molecule has 0 unspecified atom stereocenters. The Kier molecular flexibility index (Phi) is 3.31. The first kappa shape index (κ1) is 11.6. The molecule has 0 spiro atoms. The van der Waals surface area contributed by atoms with Gasteiger partial charge in [0, 0.05) is 18.8 Å². The van der Waals surface area contributed by atoms with Gasteiger partial charge in [0.1, 0.15) is 0 Å². The van der Waals surface area contributed by atoms with Crippen LogP contribution in [0, 0.1) is 13.8 Å². The Morgan fingerprint density at radius 2 is 1.75 bits per heavy atom. The van der Waals surface area contributed by atoms with Crippen molar-refractivity contribution in [2.45, 2.75) is 38.6 Å². The fourth-order valence-electron chi connectivity index (χ4n) is 2.43. The molecule has 88 valence electrons. The molecule has 1 aliphatic rings. The summed E-state index contributed by atoms with van der Waals surface area (Å²) in [5.41, 5.74) is 10.5. The monoisotopic (exact) mass is 219 g/mol. The van der Waals surface area contributed by atoms with Gasteiger partial charge in [-0.2, -0.15) is 0 Å². The molecule has 2 heteroatoms. The number of rotatable bonds is 2. The third kappa shape index (κ3) is 2.45. The Morgan fingerprint density at radius 3 is 2.31 bits per heavy atom. The quantitative estimate of drug-likeness (QED) is 0.828. The number of hydrogen-bond donors (Lipinski definition) is 1. The van der Waals surface area contributed by atoms with Gasteiger partial charge in [-0.05, 0) is 49.8 Å². The van der Waals surface area contributed by atoms with Gasteiger partial charge in [0.15, 0.2) is 0 Å². The van der Waals surface area contributed by atoms with Crippen LogP contribution >= 0.6 is 0 Å². The third-order valence-corrected chi connectivity index (χ3v) is 3.66. The molecule has 0 aliphatic carbocycles. The van der Waals surface area contributed by atoms with Crippen LogP contribution in [0.5, 0.6) is 0 Å². The first-order valence-corrected chi connectivity index (χ1v) is 6.02. The van der Waals surface area contributed by atoms with Crippen LogP contribution in [-0.2, 0) is 11.2 Å². The zero-order chi connectivity index (χ0) is 11.6. The van der Waals surface area contributed by atoms with E-state index in [1.54, 1.807) is 0 Å². The lowest BCUT2D eigenvalue weighted by atomic mass is 9.82. The molecule has 0 saturated carbocycles. The molecular formula is C14H21NO. The van der Waals surface area contributed by atoms with E-state index >= 15 is 0 Å². The van der Waals surface area contributed by atoms with Crippen LogP contribution in [0.4, 0.5) is 0 Å². The summed E-state index contributed by atoms with van der Waals surface area (Å²) < 4.78 is 5.38. The zero-order valence-electron chi connectivity index (χ0n) is 10.3. The van der Waals surface area contributed by atoms with Gasteiger partial charge in [-0.25, -0.2) is 0 Å². The van der Waals surface area contributed by atoms with Crippen LogP contribution in [0.25, 0.3) is 0 Å². The number of hydrogen-bond acceptors (Lipinski definition) is 2. The molecule has 1 fully saturated rings. The van der Waals surface area contributed by atoms with Gasteiger partial charge in [0.2, 0.25) is 0 Å². The molecule has 0 aromatic heterocycles. The summed E-state index contributed by atoms with van der Waals surface area (Å²) >= 11 is 0. The minimum Gasteiger partial charge on any atom is -0.381 e. The molecule has 2 rings (SSSR count). The predicted octanol–water partition coefficient (Wildman–Crippen LogP) is 2.35. The highest BCUT2D eigenvalue weighted by molar-refractivity contribution is 5.35. The number of ether oxygens (including phenoxy) is 1. The molecule has 2 N–H and O–H groups in total. The van der Waals surface area contributed by atoms with Crippen LogP contribution in [0.1, 0.15) is 29.5 Å². The van der Waals surface area contributed by atoms with Crippen LogP contribution in [-0.4, -0.2) is 18.8 Å². The topological polar surface area (TPSA) is 35.2 Å². The summed E-state index contributed by atoms with van der Waals surface area (Å²) in [4.78, 5) is 0. The predicted molar refractivity (Wildman–Crippen MR) is 66.6 cm³/mol. The van der Waals surface area contributed by atoms with Gasteiger partial charge < -0.3 is 10.5 Å². The van der Waals surface area contributed by atoms with Crippen molar-refractivity contribution in [1.82, 2.24) is 0 Å². The van der Waals surface area contributed by atoms with Crippen molar-refractivity contribution in [3.63, 3.8) is 0 Å². The molecule has 2 nitrogen and oxygen atoms in total. The Balaban J connectivity index is 2.19. The Labute approximate surface area is 97.8 Å². The fraction of sp³-hybridized carbons (Fsp3) is 0.571. The molecule has 1 heterocycles. The average molecular weight is 219 g/mol. The fourth-order valence-corrected chi connectivity index (χ4v) is 2.43. The zero-order valence-corrected chi connectivity index (χ0v) is 10.3. The Hall–Kier alpha value is -0.860. The lowest BCUT2D eigenvalue weighted by Gasteiger charge is -2.34. The summed E-state index contributed by atoms with van der Waals surface area (Å²) in [7, 11) is 0. The molecule has 0 bridgehead atoms. The van der Waals surface area contributed by atoms with Gasteiger partial charge in [-0.1, -0.05) is 18.2 Å². The smallest absolute Gasteiger partial charge is 0.0483 e. The highest BCUT2D eigenvalue weighted by Gasteiger charge is 2.29.